The molecule has 0 saturated carbocycles. The van der Waals surface area contributed by atoms with Crippen molar-refractivity contribution in [2.45, 2.75) is 64.3 Å². The first-order valence-corrected chi connectivity index (χ1v) is 14.2. The van der Waals surface area contributed by atoms with Crippen molar-refractivity contribution in [2.24, 2.45) is 0 Å². The number of ether oxygens (including phenoxy) is 1. The van der Waals surface area contributed by atoms with Crippen LogP contribution in [0, 0.1) is 5.21 Å². The Bertz CT molecular complexity index is 987. The fraction of sp³-hybridized carbons (Fsp3) is 0.480. The summed E-state index contributed by atoms with van der Waals surface area (Å²) in [6.07, 6.45) is 1.35. The van der Waals surface area contributed by atoms with Crippen molar-refractivity contribution in [3.05, 3.63) is 53.2 Å². The number of carbonyl (C=O) groups excluding carboxylic acids is 1. The maximum absolute atomic E-state index is 12.7. The van der Waals surface area contributed by atoms with Crippen LogP contribution in [0.3, 0.4) is 0 Å². The lowest BCUT2D eigenvalue weighted by molar-refractivity contribution is -0.130. The molecule has 180 valence electrons. The molecule has 1 saturated heterocycles. The summed E-state index contributed by atoms with van der Waals surface area (Å²) in [6.45, 7) is 12.2. The van der Waals surface area contributed by atoms with Gasteiger partial charge in [-0.05, 0) is 59.9 Å². The molecule has 0 aliphatic carbocycles. The first-order valence-electron chi connectivity index (χ1n) is 11.3. The number of rotatable bonds is 8. The highest BCUT2D eigenvalue weighted by Gasteiger charge is 2.39. The first kappa shape index (κ1) is 25.2. The van der Waals surface area contributed by atoms with E-state index in [1.165, 1.54) is 0 Å². The van der Waals surface area contributed by atoms with Gasteiger partial charge in [0.1, 0.15) is 5.75 Å². The van der Waals surface area contributed by atoms with Gasteiger partial charge in [0, 0.05) is 18.5 Å². The highest BCUT2D eigenvalue weighted by molar-refractivity contribution is 6.74. The zero-order valence-corrected chi connectivity index (χ0v) is 21.5. The summed E-state index contributed by atoms with van der Waals surface area (Å²) < 4.78 is 12.0. The van der Waals surface area contributed by atoms with Crippen molar-refractivity contribution in [3.8, 4) is 16.9 Å². The van der Waals surface area contributed by atoms with Gasteiger partial charge in [-0.2, -0.15) is 5.23 Å². The monoisotopic (exact) mass is 472 g/mol. The third kappa shape index (κ3) is 5.76. The van der Waals surface area contributed by atoms with Gasteiger partial charge in [-0.25, -0.2) is 0 Å². The molecule has 2 aromatic rings. The lowest BCUT2D eigenvalue weighted by Crippen LogP contribution is -2.45. The quantitative estimate of drug-likeness (QED) is 0.312. The number of amides is 1. The number of carbonyl (C=O) groups is 1. The second kappa shape index (κ2) is 9.85. The molecule has 2 aromatic carbocycles. The molecule has 1 aliphatic rings. The minimum atomic E-state index is -1.90. The van der Waals surface area contributed by atoms with Gasteiger partial charge < -0.3 is 24.5 Å². The Morgan fingerprint density at radius 3 is 2.58 bits per heavy atom. The topological polar surface area (TPSA) is 88.0 Å². The van der Waals surface area contributed by atoms with E-state index in [1.54, 1.807) is 25.3 Å². The summed E-state index contributed by atoms with van der Waals surface area (Å²) in [5.41, 5.74) is 2.83. The predicted molar refractivity (Wildman–Crippen MR) is 135 cm³/mol. The van der Waals surface area contributed by atoms with Gasteiger partial charge in [-0.1, -0.05) is 39.0 Å². The van der Waals surface area contributed by atoms with E-state index in [4.69, 9.17) is 14.4 Å². The van der Waals surface area contributed by atoms with E-state index >= 15 is 0 Å². The van der Waals surface area contributed by atoms with Gasteiger partial charge in [0.25, 0.3) is 0 Å². The lowest BCUT2D eigenvalue weighted by Gasteiger charge is -2.38. The number of hydrogen-bond acceptors (Lipinski definition) is 5. The van der Waals surface area contributed by atoms with E-state index in [2.05, 4.69) is 33.9 Å². The zero-order chi connectivity index (χ0) is 24.4. The highest BCUT2D eigenvalue weighted by atomic mass is 28.4. The summed E-state index contributed by atoms with van der Waals surface area (Å²) in [4.78, 5) is 14.6. The average molecular weight is 473 g/mol. The Morgan fingerprint density at radius 2 is 1.94 bits per heavy atom. The Morgan fingerprint density at radius 1 is 1.21 bits per heavy atom. The van der Waals surface area contributed by atoms with Crippen molar-refractivity contribution < 1.29 is 19.2 Å². The van der Waals surface area contributed by atoms with Crippen LogP contribution in [0.25, 0.3) is 11.1 Å². The molecular weight excluding hydrogens is 436 g/mol. The number of hydrogen-bond donors (Lipinski definition) is 0. The van der Waals surface area contributed by atoms with Crippen LogP contribution in [0.2, 0.25) is 18.1 Å². The van der Waals surface area contributed by atoms with Crippen molar-refractivity contribution in [3.63, 3.8) is 0 Å². The average Bonchev–Trinajstić information content (AvgIpc) is 3.11. The lowest BCUT2D eigenvalue weighted by atomic mass is 10.0. The SMILES string of the molecule is COc1ccc(CN2C(=O)CC[C@H]2CO[Si](C)(C)C(C)(C)C)cc1-c1cccc(N([O-])[OH2+])c1. The van der Waals surface area contributed by atoms with Crippen molar-refractivity contribution >= 4 is 19.9 Å². The molecule has 0 aromatic heterocycles. The number of nitrogens with zero attached hydrogens (tertiary/aromatic N) is 2. The summed E-state index contributed by atoms with van der Waals surface area (Å²) in [6, 6.07) is 12.8. The molecule has 3 rings (SSSR count). The van der Waals surface area contributed by atoms with E-state index in [1.807, 2.05) is 29.2 Å². The molecule has 1 heterocycles. The second-order valence-electron chi connectivity index (χ2n) is 10.2. The number of methoxy groups -OCH3 is 1. The van der Waals surface area contributed by atoms with E-state index in [9.17, 15) is 10.0 Å². The van der Waals surface area contributed by atoms with Gasteiger partial charge >= 0.3 is 0 Å². The third-order valence-electron chi connectivity index (χ3n) is 6.90. The van der Waals surface area contributed by atoms with Gasteiger partial charge in [0.15, 0.2) is 8.32 Å². The molecule has 0 unspecified atom stereocenters. The molecule has 1 aliphatic heterocycles. The summed E-state index contributed by atoms with van der Waals surface area (Å²) >= 11 is 0. The second-order valence-corrected chi connectivity index (χ2v) is 15.0. The van der Waals surface area contributed by atoms with Crippen LogP contribution < -0.4 is 9.96 Å². The van der Waals surface area contributed by atoms with Crippen LogP contribution >= 0.6 is 0 Å². The van der Waals surface area contributed by atoms with E-state index in [0.29, 0.717) is 25.3 Å². The smallest absolute Gasteiger partial charge is 0.223 e. The molecule has 1 fully saturated rings. The Labute approximate surface area is 197 Å². The minimum absolute atomic E-state index is 0.0674. The maximum atomic E-state index is 12.7. The number of anilines is 1. The number of likely N-dealkylation sites (tertiary alicyclic amines) is 1. The molecule has 0 spiro atoms. The summed E-state index contributed by atoms with van der Waals surface area (Å²) in [5, 5.41) is 19.0. The van der Waals surface area contributed by atoms with Crippen LogP contribution in [-0.4, -0.2) is 44.1 Å². The van der Waals surface area contributed by atoms with E-state index in [-0.39, 0.29) is 27.9 Å². The van der Waals surface area contributed by atoms with Gasteiger partial charge in [0.05, 0.1) is 25.4 Å². The summed E-state index contributed by atoms with van der Waals surface area (Å²) in [5.74, 6) is 0.818. The van der Waals surface area contributed by atoms with Crippen LogP contribution in [0.1, 0.15) is 39.2 Å². The number of benzene rings is 2. The van der Waals surface area contributed by atoms with Crippen LogP contribution in [0.5, 0.6) is 5.75 Å². The molecule has 1 atom stereocenters. The van der Waals surface area contributed by atoms with E-state index < -0.39 is 8.32 Å². The van der Waals surface area contributed by atoms with Gasteiger partial charge in [-0.15, -0.1) is 0 Å². The third-order valence-corrected chi connectivity index (χ3v) is 11.4. The molecule has 2 N–H and O–H groups in total. The summed E-state index contributed by atoms with van der Waals surface area (Å²) in [7, 11) is -0.293. The molecular formula is C25H36N2O5Si. The first-order chi connectivity index (χ1) is 15.4. The molecule has 7 nitrogen and oxygen atoms in total. The van der Waals surface area contributed by atoms with Crippen LogP contribution in [0.4, 0.5) is 5.69 Å². The molecule has 0 bridgehead atoms. The van der Waals surface area contributed by atoms with Crippen molar-refractivity contribution in [2.75, 3.05) is 18.9 Å². The van der Waals surface area contributed by atoms with Crippen LogP contribution in [0.15, 0.2) is 42.5 Å². The fourth-order valence-corrected chi connectivity index (χ4v) is 4.82. The molecule has 8 heteroatoms. The Hall–Kier alpha value is -2.39. The van der Waals surface area contributed by atoms with Gasteiger partial charge in [-0.3, -0.25) is 4.79 Å². The van der Waals surface area contributed by atoms with Crippen LogP contribution in [-0.2, 0) is 15.8 Å². The standard InChI is InChI=1S/C25H35N2O5Si/c1-25(2,3)33(5,6)32-17-21-11-13-24(28)26(21)16-18-10-12-23(31-4)22(14-18)19-8-7-9-20(15-19)27(29)30/h7-10,12,14-15,21,29H,11,13,16-17H2,1-6H3/q-1/p+1/t21-/m0/s1. The van der Waals surface area contributed by atoms with E-state index in [0.717, 1.165) is 23.1 Å². The van der Waals surface area contributed by atoms with Gasteiger partial charge in [0.2, 0.25) is 5.91 Å². The largest absolute Gasteiger partial charge is 0.694 e. The molecule has 0 radical (unpaired) electrons. The molecule has 1 amide bonds. The maximum Gasteiger partial charge on any atom is 0.223 e. The normalized spacial score (nSPS) is 16.9. The van der Waals surface area contributed by atoms with Crippen molar-refractivity contribution in [1.29, 1.82) is 0 Å². The zero-order valence-electron chi connectivity index (χ0n) is 20.5. The van der Waals surface area contributed by atoms with Crippen molar-refractivity contribution in [1.82, 2.24) is 4.90 Å². The highest BCUT2D eigenvalue weighted by Crippen LogP contribution is 2.38. The molecule has 33 heavy (non-hydrogen) atoms. The fourth-order valence-electron chi connectivity index (χ4n) is 3.78. The Kier molecular flexibility index (Phi) is 7.53. The Balaban J connectivity index is 1.82. The minimum Gasteiger partial charge on any atom is -0.694 e. The predicted octanol–water partition coefficient (Wildman–Crippen LogP) is 4.82.